The molecule has 0 radical (unpaired) electrons. The van der Waals surface area contributed by atoms with Gasteiger partial charge in [0.05, 0.1) is 0 Å². The Kier molecular flexibility index (Phi) is 6.82. The molecule has 0 saturated carbocycles. The van der Waals surface area contributed by atoms with Crippen LogP contribution in [0, 0.1) is 5.41 Å². The third kappa shape index (κ3) is 5.35. The highest BCUT2D eigenvalue weighted by molar-refractivity contribution is 5.91. The molecule has 2 aliphatic heterocycles. The second-order valence-corrected chi connectivity index (χ2v) is 9.40. The lowest BCUT2D eigenvalue weighted by molar-refractivity contribution is -0.224. The quantitative estimate of drug-likeness (QED) is 0.617. The average Bonchev–Trinajstić information content (AvgIpc) is 3.00. The molecular formula is C27H31NO6. The zero-order chi connectivity index (χ0) is 24.2. The van der Waals surface area contributed by atoms with Gasteiger partial charge in [-0.15, -0.1) is 0 Å². The van der Waals surface area contributed by atoms with Crippen LogP contribution in [-0.4, -0.2) is 40.9 Å². The molecule has 1 saturated heterocycles. The van der Waals surface area contributed by atoms with Gasteiger partial charge in [-0.1, -0.05) is 60.7 Å². The minimum absolute atomic E-state index is 0.148. The van der Waals surface area contributed by atoms with E-state index >= 15 is 0 Å². The molecule has 2 aromatic carbocycles. The van der Waals surface area contributed by atoms with E-state index in [9.17, 15) is 14.7 Å². The maximum absolute atomic E-state index is 13.1. The molecule has 2 heterocycles. The normalized spacial score (nSPS) is 22.4. The third-order valence-electron chi connectivity index (χ3n) is 6.42. The Hall–Kier alpha value is -3.48. The Balaban J connectivity index is 1.56. The van der Waals surface area contributed by atoms with E-state index in [1.807, 2.05) is 60.7 Å². The smallest absolute Gasteiger partial charge is 0.410 e. The summed E-state index contributed by atoms with van der Waals surface area (Å²) in [5.41, 5.74) is 1.35. The number of amides is 1. The third-order valence-corrected chi connectivity index (χ3v) is 6.42. The van der Waals surface area contributed by atoms with Crippen LogP contribution in [0.2, 0.25) is 0 Å². The van der Waals surface area contributed by atoms with Crippen molar-refractivity contribution in [3.05, 3.63) is 83.3 Å². The molecule has 0 aliphatic carbocycles. The van der Waals surface area contributed by atoms with Crippen LogP contribution in [0.1, 0.15) is 44.2 Å². The predicted octanol–water partition coefficient (Wildman–Crippen LogP) is 5.12. The molecule has 7 heteroatoms. The number of hydrogen-bond acceptors (Lipinski definition) is 6. The second-order valence-electron chi connectivity index (χ2n) is 9.40. The molecule has 7 nitrogen and oxygen atoms in total. The number of aliphatic hydroxyl groups is 1. The van der Waals surface area contributed by atoms with Crippen LogP contribution in [0.15, 0.2) is 72.2 Å². The Labute approximate surface area is 199 Å². The summed E-state index contributed by atoms with van der Waals surface area (Å²) in [6, 6.07) is 19.4. The Bertz CT molecular complexity index is 1050. The van der Waals surface area contributed by atoms with Gasteiger partial charge in [-0.05, 0) is 36.8 Å². The number of likely N-dealkylation sites (tertiary alicyclic amines) is 1. The highest BCUT2D eigenvalue weighted by Gasteiger charge is 2.48. The maximum Gasteiger partial charge on any atom is 0.410 e. The van der Waals surface area contributed by atoms with E-state index in [-0.39, 0.29) is 18.3 Å². The number of carbonyl (C=O) groups is 2. The largest absolute Gasteiger partial charge is 0.480 e. The molecule has 1 unspecified atom stereocenters. The Morgan fingerprint density at radius 3 is 2.26 bits per heavy atom. The van der Waals surface area contributed by atoms with Crippen LogP contribution in [-0.2, 0) is 32.0 Å². The zero-order valence-electron chi connectivity index (χ0n) is 19.7. The van der Waals surface area contributed by atoms with E-state index in [4.69, 9.17) is 14.2 Å². The van der Waals surface area contributed by atoms with E-state index in [1.165, 1.54) is 0 Å². The molecule has 1 N–H and O–H groups in total. The first-order valence-corrected chi connectivity index (χ1v) is 11.6. The molecule has 180 valence electrons. The standard InChI is InChI=1S/C27H31NO6/c1-26(2)33-23(29)22(24(30)34-26)27(18-20-10-5-3-6-11-20)14-9-16-28(17-15-27)25(31)32-19-21-12-7-4-8-13-21/h3-8,10-13,29H,9,14-19H2,1-2H3. The summed E-state index contributed by atoms with van der Waals surface area (Å²) in [6.07, 6.45) is 1.81. The van der Waals surface area contributed by atoms with Crippen LogP contribution in [0.25, 0.3) is 0 Å². The maximum atomic E-state index is 13.1. The molecular weight excluding hydrogens is 434 g/mol. The summed E-state index contributed by atoms with van der Waals surface area (Å²) in [5.74, 6) is -2.21. The molecule has 0 bridgehead atoms. The fraction of sp³-hybridized carbons (Fsp3) is 0.407. The summed E-state index contributed by atoms with van der Waals surface area (Å²) < 4.78 is 16.6. The van der Waals surface area contributed by atoms with Crippen molar-refractivity contribution in [2.24, 2.45) is 5.41 Å². The monoisotopic (exact) mass is 465 g/mol. The molecule has 0 spiro atoms. The first-order valence-electron chi connectivity index (χ1n) is 11.6. The van der Waals surface area contributed by atoms with E-state index < -0.39 is 23.1 Å². The second kappa shape index (κ2) is 9.79. The van der Waals surface area contributed by atoms with E-state index in [0.717, 1.165) is 11.1 Å². The van der Waals surface area contributed by atoms with Crippen molar-refractivity contribution < 1.29 is 28.9 Å². The molecule has 0 aromatic heterocycles. The van der Waals surface area contributed by atoms with Gasteiger partial charge >= 0.3 is 12.1 Å². The van der Waals surface area contributed by atoms with Gasteiger partial charge < -0.3 is 24.2 Å². The van der Waals surface area contributed by atoms with Crippen LogP contribution < -0.4 is 0 Å². The van der Waals surface area contributed by atoms with Crippen molar-refractivity contribution in [2.75, 3.05) is 13.1 Å². The van der Waals surface area contributed by atoms with Crippen LogP contribution in [0.5, 0.6) is 0 Å². The van der Waals surface area contributed by atoms with Crippen molar-refractivity contribution in [1.29, 1.82) is 0 Å². The van der Waals surface area contributed by atoms with Crippen molar-refractivity contribution in [3.63, 3.8) is 0 Å². The summed E-state index contributed by atoms with van der Waals surface area (Å²) in [5, 5.41) is 10.8. The minimum atomic E-state index is -1.24. The summed E-state index contributed by atoms with van der Waals surface area (Å²) >= 11 is 0. The van der Waals surface area contributed by atoms with E-state index in [0.29, 0.717) is 38.8 Å². The summed E-state index contributed by atoms with van der Waals surface area (Å²) in [6.45, 7) is 4.25. The minimum Gasteiger partial charge on any atom is -0.480 e. The van der Waals surface area contributed by atoms with Gasteiger partial charge in [-0.25, -0.2) is 9.59 Å². The van der Waals surface area contributed by atoms with E-state index in [1.54, 1.807) is 18.7 Å². The topological polar surface area (TPSA) is 85.3 Å². The number of aliphatic hydroxyl groups excluding tert-OH is 1. The van der Waals surface area contributed by atoms with Gasteiger partial charge in [0, 0.05) is 32.4 Å². The van der Waals surface area contributed by atoms with Gasteiger partial charge in [-0.3, -0.25) is 0 Å². The highest BCUT2D eigenvalue weighted by atomic mass is 16.8. The lowest BCUT2D eigenvalue weighted by Crippen LogP contribution is -2.43. The number of carbonyl (C=O) groups excluding carboxylic acids is 2. The van der Waals surface area contributed by atoms with Gasteiger partial charge in [0.1, 0.15) is 12.2 Å². The lowest BCUT2D eigenvalue weighted by atomic mass is 9.70. The number of benzene rings is 2. The SMILES string of the molecule is CC1(C)OC(=O)C(C2(Cc3ccccc3)CCCN(C(=O)OCc3ccccc3)CC2)=C(O)O1. The van der Waals surface area contributed by atoms with Crippen LogP contribution in [0.4, 0.5) is 4.79 Å². The lowest BCUT2D eigenvalue weighted by Gasteiger charge is -2.39. The molecule has 1 fully saturated rings. The van der Waals surface area contributed by atoms with Gasteiger partial charge in [0.2, 0.25) is 0 Å². The van der Waals surface area contributed by atoms with Gasteiger partial charge in [0.15, 0.2) is 0 Å². The highest BCUT2D eigenvalue weighted by Crippen LogP contribution is 2.46. The first kappa shape index (κ1) is 23.7. The molecule has 2 aromatic rings. The van der Waals surface area contributed by atoms with Gasteiger partial charge in [0.25, 0.3) is 11.7 Å². The Morgan fingerprint density at radius 1 is 0.971 bits per heavy atom. The molecule has 1 amide bonds. The summed E-state index contributed by atoms with van der Waals surface area (Å²) in [7, 11) is 0. The average molecular weight is 466 g/mol. The van der Waals surface area contributed by atoms with Crippen molar-refractivity contribution in [1.82, 2.24) is 4.90 Å². The van der Waals surface area contributed by atoms with Crippen molar-refractivity contribution in [3.8, 4) is 0 Å². The fourth-order valence-electron chi connectivity index (χ4n) is 4.80. The first-order chi connectivity index (χ1) is 16.3. The number of rotatable bonds is 5. The number of ether oxygens (including phenoxy) is 3. The molecule has 2 aliphatic rings. The molecule has 4 rings (SSSR count). The van der Waals surface area contributed by atoms with Crippen LogP contribution >= 0.6 is 0 Å². The molecule has 34 heavy (non-hydrogen) atoms. The summed E-state index contributed by atoms with van der Waals surface area (Å²) in [4.78, 5) is 27.6. The fourth-order valence-corrected chi connectivity index (χ4v) is 4.80. The van der Waals surface area contributed by atoms with Crippen LogP contribution in [0.3, 0.4) is 0 Å². The predicted molar refractivity (Wildman–Crippen MR) is 126 cm³/mol. The molecule has 1 atom stereocenters. The van der Waals surface area contributed by atoms with E-state index in [2.05, 4.69) is 0 Å². The number of hydrogen-bond donors (Lipinski definition) is 1. The van der Waals surface area contributed by atoms with Crippen molar-refractivity contribution >= 4 is 12.1 Å². The van der Waals surface area contributed by atoms with Crippen molar-refractivity contribution in [2.45, 2.75) is 51.9 Å². The Morgan fingerprint density at radius 2 is 1.62 bits per heavy atom. The zero-order valence-corrected chi connectivity index (χ0v) is 19.7. The number of cyclic esters (lactones) is 1. The number of nitrogens with zero attached hydrogens (tertiary/aromatic N) is 1. The van der Waals surface area contributed by atoms with Gasteiger partial charge in [-0.2, -0.15) is 0 Å². The number of esters is 1.